The second kappa shape index (κ2) is 3.68. The van der Waals surface area contributed by atoms with Crippen molar-refractivity contribution in [2.24, 2.45) is 0 Å². The smallest absolute Gasteiger partial charge is 0.298 e. The average Bonchev–Trinajstić information content (AvgIpc) is 2.02. The van der Waals surface area contributed by atoms with Crippen LogP contribution < -0.4 is 0 Å². The Labute approximate surface area is 84.9 Å². The number of halogens is 5. The fourth-order valence-corrected chi connectivity index (χ4v) is 1.54. The van der Waals surface area contributed by atoms with Crippen molar-refractivity contribution in [2.75, 3.05) is 0 Å². The molecule has 1 rings (SSSR count). The molecule has 0 heterocycles. The number of aldehydes is 1. The van der Waals surface area contributed by atoms with E-state index in [1.807, 2.05) is 0 Å². The molecule has 0 atom stereocenters. The third kappa shape index (κ3) is 1.95. The van der Waals surface area contributed by atoms with E-state index in [1.165, 1.54) is 0 Å². The van der Waals surface area contributed by atoms with Crippen LogP contribution in [0.1, 0.15) is 15.9 Å². The molecule has 0 N–H and O–H groups in total. The Bertz CT molecular complexity index is 372. The second-order valence-electron chi connectivity index (χ2n) is 2.44. The summed E-state index contributed by atoms with van der Waals surface area (Å²) in [4.78, 5) is 10.3. The maximum absolute atomic E-state index is 12.8. The molecular weight excluding hydrogens is 268 g/mol. The zero-order valence-electron chi connectivity index (χ0n) is 6.53. The van der Waals surface area contributed by atoms with Crippen molar-refractivity contribution in [2.45, 2.75) is 6.18 Å². The highest BCUT2D eigenvalue weighted by Gasteiger charge is 2.34. The van der Waals surface area contributed by atoms with Gasteiger partial charge in [-0.25, -0.2) is 4.39 Å². The predicted octanol–water partition coefficient (Wildman–Crippen LogP) is 3.42. The number of alkyl halides is 3. The molecule has 0 aliphatic carbocycles. The van der Waals surface area contributed by atoms with E-state index in [4.69, 9.17) is 0 Å². The first-order chi connectivity index (χ1) is 6.38. The molecule has 0 amide bonds. The largest absolute Gasteiger partial charge is 0.417 e. The third-order valence-electron chi connectivity index (χ3n) is 1.55. The zero-order valence-corrected chi connectivity index (χ0v) is 8.12. The molecule has 0 aliphatic heterocycles. The summed E-state index contributed by atoms with van der Waals surface area (Å²) in [5.74, 6) is -0.986. The summed E-state index contributed by atoms with van der Waals surface area (Å²) < 4.78 is 48.9. The Morgan fingerprint density at radius 3 is 2.29 bits per heavy atom. The van der Waals surface area contributed by atoms with Crippen molar-refractivity contribution >= 4 is 22.2 Å². The molecule has 0 saturated heterocycles. The summed E-state index contributed by atoms with van der Waals surface area (Å²) in [5, 5.41) is 0. The monoisotopic (exact) mass is 270 g/mol. The minimum atomic E-state index is -4.61. The van der Waals surface area contributed by atoms with Crippen LogP contribution in [0.15, 0.2) is 16.6 Å². The number of hydrogen-bond acceptors (Lipinski definition) is 1. The lowest BCUT2D eigenvalue weighted by Crippen LogP contribution is -2.08. The maximum atomic E-state index is 12.8. The summed E-state index contributed by atoms with van der Waals surface area (Å²) in [6, 6.07) is 1.18. The van der Waals surface area contributed by atoms with Crippen molar-refractivity contribution in [3.05, 3.63) is 33.5 Å². The average molecular weight is 271 g/mol. The zero-order chi connectivity index (χ0) is 10.9. The molecule has 1 aromatic rings. The van der Waals surface area contributed by atoms with Crippen LogP contribution >= 0.6 is 15.9 Å². The van der Waals surface area contributed by atoms with Gasteiger partial charge in [0.05, 0.1) is 11.1 Å². The number of carbonyl (C=O) groups excluding carboxylic acids is 1. The van der Waals surface area contributed by atoms with Gasteiger partial charge in [0.1, 0.15) is 5.82 Å². The van der Waals surface area contributed by atoms with Crippen LogP contribution in [0.4, 0.5) is 17.6 Å². The van der Waals surface area contributed by atoms with E-state index in [9.17, 15) is 22.4 Å². The first-order valence-corrected chi connectivity index (χ1v) is 4.17. The van der Waals surface area contributed by atoms with E-state index < -0.39 is 27.6 Å². The summed E-state index contributed by atoms with van der Waals surface area (Å²) in [6.45, 7) is 0. The van der Waals surface area contributed by atoms with E-state index in [0.717, 1.165) is 0 Å². The summed E-state index contributed by atoms with van der Waals surface area (Å²) >= 11 is 2.54. The Morgan fingerprint density at radius 1 is 1.29 bits per heavy atom. The van der Waals surface area contributed by atoms with Crippen LogP contribution in [0.5, 0.6) is 0 Å². The van der Waals surface area contributed by atoms with Gasteiger partial charge in [-0.2, -0.15) is 13.2 Å². The Hall–Kier alpha value is -0.910. The molecule has 0 spiro atoms. The first kappa shape index (κ1) is 11.2. The highest BCUT2D eigenvalue weighted by molar-refractivity contribution is 9.10. The van der Waals surface area contributed by atoms with Crippen molar-refractivity contribution in [3.63, 3.8) is 0 Å². The first-order valence-electron chi connectivity index (χ1n) is 3.38. The SMILES string of the molecule is O=Cc1c(F)ccc(C(F)(F)F)c1Br. The molecular formula is C8H3BrF4O. The van der Waals surface area contributed by atoms with Gasteiger partial charge in [-0.1, -0.05) is 0 Å². The van der Waals surface area contributed by atoms with Crippen molar-refractivity contribution in [1.29, 1.82) is 0 Å². The number of carbonyl (C=O) groups is 1. The lowest BCUT2D eigenvalue weighted by Gasteiger charge is -2.10. The predicted molar refractivity (Wildman–Crippen MR) is 44.5 cm³/mol. The van der Waals surface area contributed by atoms with Crippen LogP contribution in [0.2, 0.25) is 0 Å². The third-order valence-corrected chi connectivity index (χ3v) is 2.40. The molecule has 0 aliphatic rings. The Kier molecular flexibility index (Phi) is 2.94. The van der Waals surface area contributed by atoms with Crippen molar-refractivity contribution in [3.8, 4) is 0 Å². The van der Waals surface area contributed by atoms with Gasteiger partial charge >= 0.3 is 6.18 Å². The van der Waals surface area contributed by atoms with Crippen molar-refractivity contribution in [1.82, 2.24) is 0 Å². The van der Waals surface area contributed by atoms with Crippen molar-refractivity contribution < 1.29 is 22.4 Å². The molecule has 0 unspecified atom stereocenters. The lowest BCUT2D eigenvalue weighted by atomic mass is 10.1. The van der Waals surface area contributed by atoms with Crippen LogP contribution in [-0.4, -0.2) is 6.29 Å². The van der Waals surface area contributed by atoms with Gasteiger partial charge in [-0.3, -0.25) is 4.79 Å². The van der Waals surface area contributed by atoms with Crippen LogP contribution in [-0.2, 0) is 6.18 Å². The summed E-state index contributed by atoms with van der Waals surface area (Å²) in [7, 11) is 0. The van der Waals surface area contributed by atoms with Gasteiger partial charge < -0.3 is 0 Å². The Morgan fingerprint density at radius 2 is 1.86 bits per heavy atom. The van der Waals surface area contributed by atoms with E-state index >= 15 is 0 Å². The molecule has 1 aromatic carbocycles. The molecule has 6 heteroatoms. The molecule has 0 fully saturated rings. The highest BCUT2D eigenvalue weighted by Crippen LogP contribution is 2.36. The van der Waals surface area contributed by atoms with E-state index in [-0.39, 0.29) is 6.29 Å². The molecule has 14 heavy (non-hydrogen) atoms. The number of benzene rings is 1. The fourth-order valence-electron chi connectivity index (χ4n) is 0.896. The van der Waals surface area contributed by atoms with E-state index in [2.05, 4.69) is 15.9 Å². The maximum Gasteiger partial charge on any atom is 0.417 e. The van der Waals surface area contributed by atoms with E-state index in [1.54, 1.807) is 0 Å². The molecule has 76 valence electrons. The minimum Gasteiger partial charge on any atom is -0.298 e. The molecule has 0 saturated carbocycles. The van der Waals surface area contributed by atoms with Crippen LogP contribution in [0.25, 0.3) is 0 Å². The highest BCUT2D eigenvalue weighted by atomic mass is 79.9. The second-order valence-corrected chi connectivity index (χ2v) is 3.23. The summed E-state index contributed by atoms with van der Waals surface area (Å²) in [5.41, 5.74) is -1.69. The topological polar surface area (TPSA) is 17.1 Å². The summed E-state index contributed by atoms with van der Waals surface area (Å²) in [6.07, 6.45) is -4.57. The fraction of sp³-hybridized carbons (Fsp3) is 0.125. The van der Waals surface area contributed by atoms with Gasteiger partial charge in [-0.05, 0) is 28.1 Å². The lowest BCUT2D eigenvalue weighted by molar-refractivity contribution is -0.138. The number of hydrogen-bond donors (Lipinski definition) is 0. The van der Waals surface area contributed by atoms with Gasteiger partial charge in [-0.15, -0.1) is 0 Å². The Balaban J connectivity index is 3.43. The molecule has 0 radical (unpaired) electrons. The van der Waals surface area contributed by atoms with Crippen LogP contribution in [0.3, 0.4) is 0 Å². The minimum absolute atomic E-state index is 0.0364. The van der Waals surface area contributed by atoms with E-state index in [0.29, 0.717) is 12.1 Å². The standard InChI is InChI=1S/C8H3BrF4O/c9-7-4(3-14)6(10)2-1-5(7)8(11,12)13/h1-3H. The quantitative estimate of drug-likeness (QED) is 0.565. The molecule has 1 nitrogen and oxygen atoms in total. The molecule has 0 bridgehead atoms. The van der Waals surface area contributed by atoms with Crippen LogP contribution in [0, 0.1) is 5.82 Å². The number of rotatable bonds is 1. The van der Waals surface area contributed by atoms with Gasteiger partial charge in [0, 0.05) is 4.47 Å². The molecule has 0 aromatic heterocycles. The van der Waals surface area contributed by atoms with Gasteiger partial charge in [0.2, 0.25) is 0 Å². The van der Waals surface area contributed by atoms with Gasteiger partial charge in [0.15, 0.2) is 6.29 Å². The normalized spacial score (nSPS) is 11.5. The van der Waals surface area contributed by atoms with Gasteiger partial charge in [0.25, 0.3) is 0 Å².